The molecule has 3 nitrogen and oxygen atoms in total. The van der Waals surface area contributed by atoms with Crippen molar-refractivity contribution in [2.75, 3.05) is 20.3 Å². The maximum Gasteiger partial charge on any atom is 0.225 e. The number of hydrogen-bond acceptors (Lipinski definition) is 2. The third-order valence-corrected chi connectivity index (χ3v) is 2.59. The maximum atomic E-state index is 11.9. The van der Waals surface area contributed by atoms with Crippen molar-refractivity contribution in [3.05, 3.63) is 0 Å². The molecule has 16 heavy (non-hydrogen) atoms. The Hall–Kier alpha value is -0.570. The fourth-order valence-corrected chi connectivity index (χ4v) is 1.93. The molecule has 96 valence electrons. The Morgan fingerprint density at radius 3 is 2.44 bits per heavy atom. The van der Waals surface area contributed by atoms with Crippen molar-refractivity contribution in [2.45, 2.75) is 47.0 Å². The largest absolute Gasteiger partial charge is 0.385 e. The number of nitrogens with one attached hydrogen (secondary N) is 1. The number of carbonyl (C=O) groups excluding carboxylic acids is 1. The summed E-state index contributed by atoms with van der Waals surface area (Å²) in [5.74, 6) is 0.716. The monoisotopic (exact) mass is 229 g/mol. The molecule has 0 spiro atoms. The fraction of sp³-hybridized carbons (Fsp3) is 0.923. The SMILES string of the molecule is COCCCCNC(=O)C(C)(C)CC(C)C. The van der Waals surface area contributed by atoms with Gasteiger partial charge in [0.25, 0.3) is 0 Å². The van der Waals surface area contributed by atoms with Crippen molar-refractivity contribution in [1.29, 1.82) is 0 Å². The molecular formula is C13H27NO2. The van der Waals surface area contributed by atoms with Crippen molar-refractivity contribution in [3.63, 3.8) is 0 Å². The summed E-state index contributed by atoms with van der Waals surface area (Å²) < 4.78 is 4.96. The highest BCUT2D eigenvalue weighted by Gasteiger charge is 2.27. The molecular weight excluding hydrogens is 202 g/mol. The van der Waals surface area contributed by atoms with E-state index >= 15 is 0 Å². The average molecular weight is 229 g/mol. The van der Waals surface area contributed by atoms with Crippen molar-refractivity contribution in [2.24, 2.45) is 11.3 Å². The van der Waals surface area contributed by atoms with Gasteiger partial charge in [-0.05, 0) is 25.2 Å². The third kappa shape index (κ3) is 6.83. The number of carbonyl (C=O) groups is 1. The van der Waals surface area contributed by atoms with Crippen LogP contribution in [0.3, 0.4) is 0 Å². The van der Waals surface area contributed by atoms with Gasteiger partial charge in [0.1, 0.15) is 0 Å². The molecule has 0 saturated carbocycles. The van der Waals surface area contributed by atoms with Gasteiger partial charge in [0.15, 0.2) is 0 Å². The van der Waals surface area contributed by atoms with E-state index < -0.39 is 0 Å². The van der Waals surface area contributed by atoms with E-state index in [0.717, 1.165) is 32.4 Å². The molecule has 0 heterocycles. The van der Waals surface area contributed by atoms with E-state index in [-0.39, 0.29) is 11.3 Å². The first-order valence-electron chi connectivity index (χ1n) is 6.17. The predicted molar refractivity (Wildman–Crippen MR) is 67.4 cm³/mol. The minimum Gasteiger partial charge on any atom is -0.385 e. The second kappa shape index (κ2) is 7.66. The average Bonchev–Trinajstić information content (AvgIpc) is 2.15. The van der Waals surface area contributed by atoms with E-state index in [1.807, 2.05) is 13.8 Å². The quantitative estimate of drug-likeness (QED) is 0.650. The summed E-state index contributed by atoms with van der Waals surface area (Å²) >= 11 is 0. The number of methoxy groups -OCH3 is 1. The van der Waals surface area contributed by atoms with Crippen molar-refractivity contribution < 1.29 is 9.53 Å². The third-order valence-electron chi connectivity index (χ3n) is 2.59. The standard InChI is InChI=1S/C13H27NO2/c1-11(2)10-13(3,4)12(15)14-8-6-7-9-16-5/h11H,6-10H2,1-5H3,(H,14,15). The minimum absolute atomic E-state index is 0.165. The van der Waals surface area contributed by atoms with Crippen LogP contribution >= 0.6 is 0 Å². The molecule has 0 aromatic heterocycles. The normalized spacial score (nSPS) is 11.9. The molecule has 0 saturated heterocycles. The zero-order valence-corrected chi connectivity index (χ0v) is 11.4. The van der Waals surface area contributed by atoms with Crippen LogP contribution in [-0.2, 0) is 9.53 Å². The molecule has 0 aromatic carbocycles. The number of unbranched alkanes of at least 4 members (excludes halogenated alkanes) is 1. The molecule has 0 unspecified atom stereocenters. The Labute approximate surface area is 99.9 Å². The van der Waals surface area contributed by atoms with Crippen LogP contribution in [0.25, 0.3) is 0 Å². The van der Waals surface area contributed by atoms with Crippen LogP contribution in [0, 0.1) is 11.3 Å². The van der Waals surface area contributed by atoms with Gasteiger partial charge >= 0.3 is 0 Å². The Morgan fingerprint density at radius 2 is 1.94 bits per heavy atom. The highest BCUT2D eigenvalue weighted by molar-refractivity contribution is 5.81. The molecule has 3 heteroatoms. The Morgan fingerprint density at radius 1 is 1.31 bits per heavy atom. The number of hydrogen-bond donors (Lipinski definition) is 1. The first kappa shape index (κ1) is 15.4. The van der Waals surface area contributed by atoms with Crippen LogP contribution in [0.15, 0.2) is 0 Å². The fourth-order valence-electron chi connectivity index (χ4n) is 1.93. The van der Waals surface area contributed by atoms with Crippen LogP contribution in [0.4, 0.5) is 0 Å². The second-order valence-electron chi connectivity index (χ2n) is 5.44. The molecule has 0 aliphatic heterocycles. The van der Waals surface area contributed by atoms with Crippen molar-refractivity contribution >= 4 is 5.91 Å². The molecule has 0 rings (SSSR count). The lowest BCUT2D eigenvalue weighted by atomic mass is 9.83. The Balaban J connectivity index is 3.78. The molecule has 0 atom stereocenters. The van der Waals surface area contributed by atoms with Crippen LogP contribution in [0.1, 0.15) is 47.0 Å². The van der Waals surface area contributed by atoms with Crippen LogP contribution in [0.5, 0.6) is 0 Å². The molecule has 0 radical (unpaired) electrons. The first-order valence-corrected chi connectivity index (χ1v) is 6.17. The lowest BCUT2D eigenvalue weighted by Crippen LogP contribution is -2.38. The van der Waals surface area contributed by atoms with Crippen molar-refractivity contribution in [3.8, 4) is 0 Å². The summed E-state index contributed by atoms with van der Waals surface area (Å²) in [5.41, 5.74) is -0.255. The Bertz CT molecular complexity index is 200. The molecule has 0 fully saturated rings. The van der Waals surface area contributed by atoms with Gasteiger partial charge in [0.05, 0.1) is 0 Å². The van der Waals surface area contributed by atoms with Gasteiger partial charge in [-0.15, -0.1) is 0 Å². The zero-order valence-electron chi connectivity index (χ0n) is 11.4. The topological polar surface area (TPSA) is 38.3 Å². The first-order chi connectivity index (χ1) is 7.40. The molecule has 0 aromatic rings. The predicted octanol–water partition coefficient (Wildman–Crippen LogP) is 2.60. The lowest BCUT2D eigenvalue weighted by molar-refractivity contribution is -0.130. The van der Waals surface area contributed by atoms with E-state index in [0.29, 0.717) is 5.92 Å². The zero-order chi connectivity index (χ0) is 12.6. The second-order valence-corrected chi connectivity index (χ2v) is 5.44. The molecule has 1 amide bonds. The molecule has 1 N–H and O–H groups in total. The smallest absolute Gasteiger partial charge is 0.225 e. The summed E-state index contributed by atoms with van der Waals surface area (Å²) in [5, 5.41) is 2.99. The van der Waals surface area contributed by atoms with Crippen LogP contribution < -0.4 is 5.32 Å². The Kier molecular flexibility index (Phi) is 7.39. The number of ether oxygens (including phenoxy) is 1. The van der Waals surface area contributed by atoms with E-state index in [4.69, 9.17) is 4.74 Å². The van der Waals surface area contributed by atoms with Gasteiger partial charge < -0.3 is 10.1 Å². The van der Waals surface area contributed by atoms with Gasteiger partial charge in [-0.3, -0.25) is 4.79 Å². The summed E-state index contributed by atoms with van der Waals surface area (Å²) in [7, 11) is 1.70. The summed E-state index contributed by atoms with van der Waals surface area (Å²) in [6, 6.07) is 0. The summed E-state index contributed by atoms with van der Waals surface area (Å²) in [4.78, 5) is 11.9. The van der Waals surface area contributed by atoms with Crippen LogP contribution in [0.2, 0.25) is 0 Å². The molecule has 0 bridgehead atoms. The van der Waals surface area contributed by atoms with Gasteiger partial charge in [-0.1, -0.05) is 27.7 Å². The van der Waals surface area contributed by atoms with Crippen molar-refractivity contribution in [1.82, 2.24) is 5.32 Å². The van der Waals surface area contributed by atoms with Gasteiger partial charge in [0.2, 0.25) is 5.91 Å². The molecule has 0 aliphatic rings. The van der Waals surface area contributed by atoms with E-state index in [2.05, 4.69) is 19.2 Å². The maximum absolute atomic E-state index is 11.9. The highest BCUT2D eigenvalue weighted by Crippen LogP contribution is 2.25. The van der Waals surface area contributed by atoms with Gasteiger partial charge in [0, 0.05) is 25.7 Å². The van der Waals surface area contributed by atoms with Gasteiger partial charge in [-0.25, -0.2) is 0 Å². The van der Waals surface area contributed by atoms with E-state index in [1.165, 1.54) is 0 Å². The summed E-state index contributed by atoms with van der Waals surface area (Å²) in [6.45, 7) is 9.84. The van der Waals surface area contributed by atoms with Crippen LogP contribution in [-0.4, -0.2) is 26.2 Å². The summed E-state index contributed by atoms with van der Waals surface area (Å²) in [6.07, 6.45) is 2.91. The number of amides is 1. The lowest BCUT2D eigenvalue weighted by Gasteiger charge is -2.25. The molecule has 0 aliphatic carbocycles. The van der Waals surface area contributed by atoms with E-state index in [9.17, 15) is 4.79 Å². The highest BCUT2D eigenvalue weighted by atomic mass is 16.5. The van der Waals surface area contributed by atoms with Gasteiger partial charge in [-0.2, -0.15) is 0 Å². The minimum atomic E-state index is -0.255. The van der Waals surface area contributed by atoms with E-state index in [1.54, 1.807) is 7.11 Å². The number of rotatable bonds is 8.